The first-order chi connectivity index (χ1) is 11.8. The first-order valence-corrected chi connectivity index (χ1v) is 8.73. The number of hydrogen-bond donors (Lipinski definition) is 2. The van der Waals surface area contributed by atoms with Gasteiger partial charge in [-0.3, -0.25) is 4.79 Å². The Bertz CT molecular complexity index is 865. The van der Waals surface area contributed by atoms with Gasteiger partial charge in [0, 0.05) is 23.5 Å². The summed E-state index contributed by atoms with van der Waals surface area (Å²) in [6, 6.07) is 16.9. The first kappa shape index (κ1) is 15.0. The van der Waals surface area contributed by atoms with Crippen molar-refractivity contribution in [2.45, 2.75) is 38.1 Å². The third-order valence-corrected chi connectivity index (χ3v) is 5.00. The molecular weight excluding hydrogens is 296 g/mol. The fraction of sp³-hybridized carbons (Fsp3) is 0.286. The van der Waals surface area contributed by atoms with Crippen molar-refractivity contribution in [1.82, 2.24) is 10.3 Å². The van der Waals surface area contributed by atoms with E-state index in [2.05, 4.69) is 46.7 Å². The molecule has 0 saturated heterocycles. The largest absolute Gasteiger partial charge is 0.361 e. The summed E-state index contributed by atoms with van der Waals surface area (Å²) >= 11 is 0. The number of rotatable bonds is 4. The number of H-pyrrole nitrogens is 1. The van der Waals surface area contributed by atoms with E-state index in [1.165, 1.54) is 22.1 Å². The highest BCUT2D eigenvalue weighted by Gasteiger charge is 2.21. The summed E-state index contributed by atoms with van der Waals surface area (Å²) < 4.78 is 0. The van der Waals surface area contributed by atoms with Gasteiger partial charge in [0.15, 0.2) is 0 Å². The van der Waals surface area contributed by atoms with E-state index in [1.54, 1.807) is 0 Å². The lowest BCUT2D eigenvalue weighted by Gasteiger charge is -2.26. The number of hydrogen-bond acceptors (Lipinski definition) is 1. The van der Waals surface area contributed by atoms with Crippen LogP contribution in [0.25, 0.3) is 10.9 Å². The van der Waals surface area contributed by atoms with Gasteiger partial charge < -0.3 is 10.3 Å². The van der Waals surface area contributed by atoms with Crippen molar-refractivity contribution < 1.29 is 4.79 Å². The fourth-order valence-corrected chi connectivity index (χ4v) is 3.76. The van der Waals surface area contributed by atoms with Crippen molar-refractivity contribution in [3.63, 3.8) is 0 Å². The molecule has 0 fully saturated rings. The third kappa shape index (κ3) is 2.94. The van der Waals surface area contributed by atoms with E-state index in [0.29, 0.717) is 6.42 Å². The smallest absolute Gasteiger partial charge is 0.220 e. The molecule has 1 amide bonds. The lowest BCUT2D eigenvalue weighted by molar-refractivity contribution is -0.121. The molecule has 1 aliphatic rings. The fourth-order valence-electron chi connectivity index (χ4n) is 3.76. The molecule has 0 bridgehead atoms. The highest BCUT2D eigenvalue weighted by atomic mass is 16.1. The van der Waals surface area contributed by atoms with Crippen LogP contribution < -0.4 is 5.32 Å². The normalized spacial score (nSPS) is 16.8. The van der Waals surface area contributed by atoms with E-state index in [9.17, 15) is 4.79 Å². The molecular formula is C21H22N2O. The van der Waals surface area contributed by atoms with Crippen LogP contribution in [0.15, 0.2) is 54.7 Å². The predicted octanol–water partition coefficient (Wildman–Crippen LogP) is 4.29. The number of para-hydroxylation sites is 1. The van der Waals surface area contributed by atoms with Crippen LogP contribution in [0.1, 0.15) is 42.0 Å². The van der Waals surface area contributed by atoms with E-state index in [4.69, 9.17) is 0 Å². The van der Waals surface area contributed by atoms with Crippen molar-refractivity contribution in [1.29, 1.82) is 0 Å². The number of nitrogens with one attached hydrogen (secondary N) is 2. The van der Waals surface area contributed by atoms with Gasteiger partial charge in [0.25, 0.3) is 0 Å². The number of aryl methyl sites for hydroxylation is 2. The molecule has 1 aliphatic carbocycles. The van der Waals surface area contributed by atoms with Gasteiger partial charge in [-0.2, -0.15) is 0 Å². The number of aromatic amines is 1. The third-order valence-electron chi connectivity index (χ3n) is 5.00. The molecule has 0 radical (unpaired) electrons. The van der Waals surface area contributed by atoms with Crippen molar-refractivity contribution in [3.8, 4) is 0 Å². The summed E-state index contributed by atoms with van der Waals surface area (Å²) in [7, 11) is 0. The molecule has 2 aromatic carbocycles. The SMILES string of the molecule is O=C(CCc1c[nH]c2ccccc12)NC1CCCc2ccccc21. The number of carbonyl (C=O) groups is 1. The van der Waals surface area contributed by atoms with Gasteiger partial charge in [-0.15, -0.1) is 0 Å². The zero-order valence-electron chi connectivity index (χ0n) is 13.7. The van der Waals surface area contributed by atoms with Crippen LogP contribution in [0.5, 0.6) is 0 Å². The van der Waals surface area contributed by atoms with Gasteiger partial charge in [-0.25, -0.2) is 0 Å². The maximum Gasteiger partial charge on any atom is 0.220 e. The minimum absolute atomic E-state index is 0.141. The Balaban J connectivity index is 1.41. The van der Waals surface area contributed by atoms with Gasteiger partial charge in [0.1, 0.15) is 0 Å². The van der Waals surface area contributed by atoms with Crippen LogP contribution >= 0.6 is 0 Å². The molecule has 3 nitrogen and oxygen atoms in total. The van der Waals surface area contributed by atoms with E-state index < -0.39 is 0 Å². The van der Waals surface area contributed by atoms with Gasteiger partial charge >= 0.3 is 0 Å². The molecule has 1 atom stereocenters. The molecule has 1 heterocycles. The predicted molar refractivity (Wildman–Crippen MR) is 96.9 cm³/mol. The molecule has 1 unspecified atom stereocenters. The molecule has 24 heavy (non-hydrogen) atoms. The number of aromatic nitrogens is 1. The van der Waals surface area contributed by atoms with Crippen molar-refractivity contribution in [3.05, 3.63) is 71.4 Å². The highest BCUT2D eigenvalue weighted by Crippen LogP contribution is 2.29. The Morgan fingerprint density at radius 3 is 2.92 bits per heavy atom. The summed E-state index contributed by atoms with van der Waals surface area (Å²) in [4.78, 5) is 15.7. The van der Waals surface area contributed by atoms with Crippen molar-refractivity contribution >= 4 is 16.8 Å². The molecule has 3 aromatic rings. The lowest BCUT2D eigenvalue weighted by Crippen LogP contribution is -2.31. The molecule has 0 aliphatic heterocycles. The van der Waals surface area contributed by atoms with E-state index in [1.807, 2.05) is 18.3 Å². The Kier molecular flexibility index (Phi) is 4.08. The second-order valence-corrected chi connectivity index (χ2v) is 6.57. The summed E-state index contributed by atoms with van der Waals surface area (Å²) in [5.41, 5.74) is 5.02. The quantitative estimate of drug-likeness (QED) is 0.740. The summed E-state index contributed by atoms with van der Waals surface area (Å²) in [5, 5.41) is 4.45. The van der Waals surface area contributed by atoms with Gasteiger partial charge in [0.05, 0.1) is 6.04 Å². The van der Waals surface area contributed by atoms with Crippen LogP contribution in [0.3, 0.4) is 0 Å². The van der Waals surface area contributed by atoms with Crippen LogP contribution in [0.2, 0.25) is 0 Å². The molecule has 1 aromatic heterocycles. The second-order valence-electron chi connectivity index (χ2n) is 6.57. The molecule has 4 rings (SSSR count). The Hall–Kier alpha value is -2.55. The second kappa shape index (κ2) is 6.52. The summed E-state index contributed by atoms with van der Waals surface area (Å²) in [6.07, 6.45) is 6.62. The molecule has 122 valence electrons. The highest BCUT2D eigenvalue weighted by molar-refractivity contribution is 5.84. The van der Waals surface area contributed by atoms with Gasteiger partial charge in [-0.05, 0) is 48.4 Å². The average Bonchev–Trinajstić information content (AvgIpc) is 3.04. The number of fused-ring (bicyclic) bond motifs is 2. The zero-order chi connectivity index (χ0) is 16.4. The number of amides is 1. The molecule has 3 heteroatoms. The van der Waals surface area contributed by atoms with Gasteiger partial charge in [-0.1, -0.05) is 42.5 Å². The Morgan fingerprint density at radius 1 is 1.12 bits per heavy atom. The van der Waals surface area contributed by atoms with Crippen LogP contribution in [-0.2, 0) is 17.6 Å². The van der Waals surface area contributed by atoms with E-state index >= 15 is 0 Å². The van der Waals surface area contributed by atoms with Crippen molar-refractivity contribution in [2.24, 2.45) is 0 Å². The summed E-state index contributed by atoms with van der Waals surface area (Å²) in [6.45, 7) is 0. The van der Waals surface area contributed by atoms with Crippen LogP contribution in [-0.4, -0.2) is 10.9 Å². The molecule has 2 N–H and O–H groups in total. The molecule has 0 saturated carbocycles. The number of benzene rings is 2. The number of carbonyl (C=O) groups excluding carboxylic acids is 1. The average molecular weight is 318 g/mol. The standard InChI is InChI=1S/C21H22N2O/c24-21(13-12-16-14-22-19-10-4-3-9-18(16)19)23-20-11-5-7-15-6-1-2-8-17(15)20/h1-4,6,8-10,14,20,22H,5,7,11-13H2,(H,23,24). The monoisotopic (exact) mass is 318 g/mol. The van der Waals surface area contributed by atoms with E-state index in [-0.39, 0.29) is 11.9 Å². The first-order valence-electron chi connectivity index (χ1n) is 8.73. The van der Waals surface area contributed by atoms with E-state index in [0.717, 1.165) is 31.2 Å². The maximum absolute atomic E-state index is 12.4. The molecule has 0 spiro atoms. The van der Waals surface area contributed by atoms with Crippen LogP contribution in [0, 0.1) is 0 Å². The van der Waals surface area contributed by atoms with Crippen LogP contribution in [0.4, 0.5) is 0 Å². The maximum atomic E-state index is 12.4. The zero-order valence-corrected chi connectivity index (χ0v) is 13.7. The lowest BCUT2D eigenvalue weighted by atomic mass is 9.87. The topological polar surface area (TPSA) is 44.9 Å². The van der Waals surface area contributed by atoms with Crippen molar-refractivity contribution in [2.75, 3.05) is 0 Å². The summed E-state index contributed by atoms with van der Waals surface area (Å²) in [5.74, 6) is 0.141. The Labute approximate surface area is 142 Å². The van der Waals surface area contributed by atoms with Gasteiger partial charge in [0.2, 0.25) is 5.91 Å². The minimum atomic E-state index is 0.141. The Morgan fingerprint density at radius 2 is 1.96 bits per heavy atom. The minimum Gasteiger partial charge on any atom is -0.361 e.